The second kappa shape index (κ2) is 4.60. The molecule has 1 aromatic heterocycles. The third kappa shape index (κ3) is 2.15. The van der Waals surface area contributed by atoms with Crippen molar-refractivity contribution in [2.24, 2.45) is 0 Å². The molecular formula is C15H20N4S. The van der Waals surface area contributed by atoms with Gasteiger partial charge in [0.1, 0.15) is 0 Å². The van der Waals surface area contributed by atoms with Crippen molar-refractivity contribution in [1.82, 2.24) is 9.88 Å². The Bertz CT molecular complexity index is 639. The fourth-order valence-corrected chi connectivity index (χ4v) is 3.99. The maximum absolute atomic E-state index is 6.26. The maximum atomic E-state index is 6.26. The number of fused-ring (bicyclic) bond motifs is 1. The third-order valence-corrected chi connectivity index (χ3v) is 5.30. The monoisotopic (exact) mass is 288 g/mol. The van der Waals surface area contributed by atoms with Crippen molar-refractivity contribution in [2.75, 3.05) is 36.8 Å². The lowest BCUT2D eigenvalue weighted by Crippen LogP contribution is -2.47. The topological polar surface area (TPSA) is 45.4 Å². The molecule has 106 valence electrons. The SMILES string of the molecule is Cc1nc2cc(N3CCN(C4CC4)CC3)c(N)cc2s1. The van der Waals surface area contributed by atoms with Crippen LogP contribution in [0.5, 0.6) is 0 Å². The van der Waals surface area contributed by atoms with E-state index in [4.69, 9.17) is 5.73 Å². The van der Waals surface area contributed by atoms with E-state index in [-0.39, 0.29) is 0 Å². The fourth-order valence-electron chi connectivity index (χ4n) is 3.14. The van der Waals surface area contributed by atoms with Gasteiger partial charge in [-0.3, -0.25) is 4.90 Å². The average molecular weight is 288 g/mol. The highest BCUT2D eigenvalue weighted by atomic mass is 32.1. The van der Waals surface area contributed by atoms with Gasteiger partial charge in [0.05, 0.1) is 26.6 Å². The molecule has 0 radical (unpaired) electrons. The van der Waals surface area contributed by atoms with E-state index in [2.05, 4.69) is 33.8 Å². The Labute approximate surface area is 123 Å². The van der Waals surface area contributed by atoms with Crippen molar-refractivity contribution in [3.05, 3.63) is 17.1 Å². The molecule has 1 aromatic carbocycles. The van der Waals surface area contributed by atoms with Gasteiger partial charge in [0.15, 0.2) is 0 Å². The van der Waals surface area contributed by atoms with Crippen LogP contribution in [-0.4, -0.2) is 42.1 Å². The summed E-state index contributed by atoms with van der Waals surface area (Å²) < 4.78 is 1.19. The first kappa shape index (κ1) is 12.4. The Morgan fingerprint density at radius 3 is 2.65 bits per heavy atom. The van der Waals surface area contributed by atoms with E-state index in [1.165, 1.54) is 23.2 Å². The van der Waals surface area contributed by atoms with Gasteiger partial charge in [0, 0.05) is 32.2 Å². The van der Waals surface area contributed by atoms with Gasteiger partial charge in [-0.2, -0.15) is 0 Å². The van der Waals surface area contributed by atoms with Gasteiger partial charge in [-0.15, -0.1) is 11.3 Å². The predicted molar refractivity (Wildman–Crippen MR) is 85.6 cm³/mol. The molecule has 2 aromatic rings. The highest BCUT2D eigenvalue weighted by Crippen LogP contribution is 2.34. The molecule has 0 atom stereocenters. The zero-order chi connectivity index (χ0) is 13.7. The van der Waals surface area contributed by atoms with Gasteiger partial charge in [-0.05, 0) is 31.9 Å². The molecule has 20 heavy (non-hydrogen) atoms. The van der Waals surface area contributed by atoms with E-state index in [0.717, 1.165) is 48.4 Å². The van der Waals surface area contributed by atoms with Crippen molar-refractivity contribution in [2.45, 2.75) is 25.8 Å². The fraction of sp³-hybridized carbons (Fsp3) is 0.533. The number of thiazole rings is 1. The first-order chi connectivity index (χ1) is 9.70. The summed E-state index contributed by atoms with van der Waals surface area (Å²) in [6.07, 6.45) is 2.79. The van der Waals surface area contributed by atoms with Crippen molar-refractivity contribution in [3.8, 4) is 0 Å². The van der Waals surface area contributed by atoms with Crippen LogP contribution in [0.1, 0.15) is 17.8 Å². The Kier molecular flexibility index (Phi) is 2.86. The molecule has 0 unspecified atom stereocenters. The van der Waals surface area contributed by atoms with Crippen LogP contribution in [0.3, 0.4) is 0 Å². The summed E-state index contributed by atoms with van der Waals surface area (Å²) in [6, 6.07) is 5.13. The van der Waals surface area contributed by atoms with Gasteiger partial charge < -0.3 is 10.6 Å². The van der Waals surface area contributed by atoms with Crippen molar-refractivity contribution >= 4 is 32.9 Å². The molecule has 0 bridgehead atoms. The Morgan fingerprint density at radius 2 is 1.95 bits per heavy atom. The van der Waals surface area contributed by atoms with Gasteiger partial charge >= 0.3 is 0 Å². The molecule has 1 saturated carbocycles. The Hall–Kier alpha value is -1.33. The molecule has 4 rings (SSSR count). The van der Waals surface area contributed by atoms with E-state index in [9.17, 15) is 0 Å². The van der Waals surface area contributed by atoms with Crippen molar-refractivity contribution in [1.29, 1.82) is 0 Å². The number of aryl methyl sites for hydroxylation is 1. The molecule has 5 heteroatoms. The zero-order valence-electron chi connectivity index (χ0n) is 11.8. The van der Waals surface area contributed by atoms with Crippen LogP contribution in [0, 0.1) is 6.92 Å². The van der Waals surface area contributed by atoms with Gasteiger partial charge in [0.2, 0.25) is 0 Å². The highest BCUT2D eigenvalue weighted by Gasteiger charge is 2.31. The van der Waals surface area contributed by atoms with Crippen LogP contribution in [0.2, 0.25) is 0 Å². The molecule has 0 spiro atoms. The minimum atomic E-state index is 0.873. The lowest BCUT2D eigenvalue weighted by atomic mass is 10.2. The highest BCUT2D eigenvalue weighted by molar-refractivity contribution is 7.18. The van der Waals surface area contributed by atoms with Crippen LogP contribution in [0.4, 0.5) is 11.4 Å². The molecular weight excluding hydrogens is 268 g/mol. The average Bonchev–Trinajstić information content (AvgIpc) is 3.21. The standard InChI is InChI=1S/C15H20N4S/c1-10-17-13-9-14(12(16)8-15(13)20-10)19-6-4-18(5-7-19)11-2-3-11/h8-9,11H,2-7,16H2,1H3. The number of rotatable bonds is 2. The molecule has 1 aliphatic carbocycles. The number of anilines is 2. The van der Waals surface area contributed by atoms with Gasteiger partial charge in [-0.1, -0.05) is 0 Å². The number of nitrogen functional groups attached to an aromatic ring is 1. The number of nitrogens with two attached hydrogens (primary N) is 1. The summed E-state index contributed by atoms with van der Waals surface area (Å²) in [5.41, 5.74) is 9.40. The zero-order valence-corrected chi connectivity index (χ0v) is 12.6. The van der Waals surface area contributed by atoms with Crippen LogP contribution >= 0.6 is 11.3 Å². The minimum absolute atomic E-state index is 0.873. The van der Waals surface area contributed by atoms with E-state index < -0.39 is 0 Å². The Morgan fingerprint density at radius 1 is 1.20 bits per heavy atom. The minimum Gasteiger partial charge on any atom is -0.397 e. The van der Waals surface area contributed by atoms with Crippen molar-refractivity contribution < 1.29 is 0 Å². The largest absolute Gasteiger partial charge is 0.397 e. The lowest BCUT2D eigenvalue weighted by molar-refractivity contribution is 0.248. The number of hydrogen-bond acceptors (Lipinski definition) is 5. The van der Waals surface area contributed by atoms with Gasteiger partial charge in [-0.25, -0.2) is 4.98 Å². The smallest absolute Gasteiger partial charge is 0.0907 e. The summed E-state index contributed by atoms with van der Waals surface area (Å²) in [5, 5.41) is 1.11. The van der Waals surface area contributed by atoms with Crippen LogP contribution in [-0.2, 0) is 0 Å². The number of nitrogens with zero attached hydrogens (tertiary/aromatic N) is 3. The Balaban J connectivity index is 1.59. The predicted octanol–water partition coefficient (Wildman–Crippen LogP) is 2.47. The summed E-state index contributed by atoms with van der Waals surface area (Å²) >= 11 is 1.72. The number of hydrogen-bond donors (Lipinski definition) is 1. The number of piperazine rings is 1. The van der Waals surface area contributed by atoms with Crippen LogP contribution < -0.4 is 10.6 Å². The molecule has 2 N–H and O–H groups in total. The molecule has 1 aliphatic heterocycles. The first-order valence-electron chi connectivity index (χ1n) is 7.36. The molecule has 4 nitrogen and oxygen atoms in total. The van der Waals surface area contributed by atoms with Crippen LogP contribution in [0.25, 0.3) is 10.2 Å². The quantitative estimate of drug-likeness (QED) is 0.862. The van der Waals surface area contributed by atoms with Crippen LogP contribution in [0.15, 0.2) is 12.1 Å². The van der Waals surface area contributed by atoms with E-state index in [1.54, 1.807) is 11.3 Å². The normalized spacial score (nSPS) is 20.8. The molecule has 2 heterocycles. The second-order valence-electron chi connectivity index (χ2n) is 5.87. The molecule has 0 amide bonds. The summed E-state index contributed by atoms with van der Waals surface area (Å²) in [7, 11) is 0. The van der Waals surface area contributed by atoms with E-state index in [0.29, 0.717) is 0 Å². The molecule has 2 fully saturated rings. The second-order valence-corrected chi connectivity index (χ2v) is 7.10. The van der Waals surface area contributed by atoms with Gasteiger partial charge in [0.25, 0.3) is 0 Å². The molecule has 1 saturated heterocycles. The summed E-state index contributed by atoms with van der Waals surface area (Å²) in [6.45, 7) is 6.54. The maximum Gasteiger partial charge on any atom is 0.0907 e. The van der Waals surface area contributed by atoms with E-state index >= 15 is 0 Å². The third-order valence-electron chi connectivity index (χ3n) is 4.36. The summed E-state index contributed by atoms with van der Waals surface area (Å²) in [5.74, 6) is 0. The van der Waals surface area contributed by atoms with E-state index in [1.807, 2.05) is 0 Å². The number of benzene rings is 1. The first-order valence-corrected chi connectivity index (χ1v) is 8.18. The number of aromatic nitrogens is 1. The molecule has 2 aliphatic rings. The van der Waals surface area contributed by atoms with Crippen molar-refractivity contribution in [3.63, 3.8) is 0 Å². The lowest BCUT2D eigenvalue weighted by Gasteiger charge is -2.36. The summed E-state index contributed by atoms with van der Waals surface area (Å²) in [4.78, 5) is 9.63.